The largest absolute Gasteiger partial charge is 0.359 e. The minimum Gasteiger partial charge on any atom is -0.359 e. The maximum absolute atomic E-state index is 6.97. The molecule has 0 unspecified atom stereocenters. The molecule has 0 saturated carbocycles. The van der Waals surface area contributed by atoms with Crippen molar-refractivity contribution in [1.82, 2.24) is 24.2 Å². The number of imidazole rings is 1. The van der Waals surface area contributed by atoms with Crippen molar-refractivity contribution >= 4 is 23.1 Å². The van der Waals surface area contributed by atoms with Gasteiger partial charge >= 0.3 is 0 Å². The molecule has 1 aliphatic carbocycles. The maximum atomic E-state index is 6.97. The molecule has 0 amide bonds. The first-order valence-electron chi connectivity index (χ1n) is 11.7. The lowest BCUT2D eigenvalue weighted by Crippen LogP contribution is -2.32. The van der Waals surface area contributed by atoms with E-state index in [1.807, 2.05) is 12.3 Å². The van der Waals surface area contributed by atoms with Gasteiger partial charge in [-0.25, -0.2) is 4.98 Å². The summed E-state index contributed by atoms with van der Waals surface area (Å²) in [6, 6.07) is 10.8. The highest BCUT2D eigenvalue weighted by atomic mass is 35.5. The lowest BCUT2D eigenvalue weighted by atomic mass is 9.90. The zero-order chi connectivity index (χ0) is 22.7. The van der Waals surface area contributed by atoms with Crippen LogP contribution in [-0.4, -0.2) is 64.9 Å². The molecule has 6 nitrogen and oxygen atoms in total. The van der Waals surface area contributed by atoms with Crippen LogP contribution in [0.3, 0.4) is 0 Å². The van der Waals surface area contributed by atoms with Gasteiger partial charge in [0.25, 0.3) is 0 Å². The summed E-state index contributed by atoms with van der Waals surface area (Å²) in [4.78, 5) is 16.7. The van der Waals surface area contributed by atoms with E-state index in [1.54, 1.807) is 0 Å². The molecular formula is C25H35ClN6. The van der Waals surface area contributed by atoms with Gasteiger partial charge in [-0.3, -0.25) is 14.3 Å². The number of pyridine rings is 2. The monoisotopic (exact) mass is 454 g/mol. The molecule has 0 spiro atoms. The van der Waals surface area contributed by atoms with Crippen molar-refractivity contribution in [2.45, 2.75) is 45.2 Å². The second-order valence-corrected chi connectivity index (χ2v) is 9.44. The molecule has 3 aromatic heterocycles. The Morgan fingerprint density at radius 3 is 2.72 bits per heavy atom. The summed E-state index contributed by atoms with van der Waals surface area (Å²) in [5.41, 5.74) is 4.46. The fourth-order valence-corrected chi connectivity index (χ4v) is 4.99. The highest BCUT2D eigenvalue weighted by molar-refractivity contribution is 6.30. The predicted octanol–water partition coefficient (Wildman–Crippen LogP) is 4.67. The molecule has 4 rings (SSSR count). The lowest BCUT2D eigenvalue weighted by Gasteiger charge is -2.34. The topological polar surface area (TPSA) is 39.9 Å². The number of fused-ring (bicyclic) bond motifs is 2. The maximum Gasteiger partial charge on any atom is 0.139 e. The van der Waals surface area contributed by atoms with Gasteiger partial charge in [0.05, 0.1) is 17.4 Å². The van der Waals surface area contributed by atoms with Crippen LogP contribution in [-0.2, 0) is 13.0 Å². The Kier molecular flexibility index (Phi) is 7.33. The lowest BCUT2D eigenvalue weighted by molar-refractivity contribution is 0.164. The zero-order valence-corrected chi connectivity index (χ0v) is 20.5. The van der Waals surface area contributed by atoms with Crippen LogP contribution in [0, 0.1) is 0 Å². The molecule has 7 heteroatoms. The third-order valence-corrected chi connectivity index (χ3v) is 6.76. The number of aryl methyl sites for hydroxylation is 1. The van der Waals surface area contributed by atoms with E-state index in [1.165, 1.54) is 17.7 Å². The van der Waals surface area contributed by atoms with Gasteiger partial charge in [-0.1, -0.05) is 30.7 Å². The fraction of sp³-hybridized carbons (Fsp3) is 0.520. The minimum atomic E-state index is 0.322. The van der Waals surface area contributed by atoms with Crippen LogP contribution in [0.5, 0.6) is 0 Å². The van der Waals surface area contributed by atoms with Gasteiger partial charge in [0.1, 0.15) is 16.6 Å². The van der Waals surface area contributed by atoms with Crippen LogP contribution in [0.4, 0.5) is 5.82 Å². The van der Waals surface area contributed by atoms with Crippen LogP contribution < -0.4 is 4.90 Å². The van der Waals surface area contributed by atoms with E-state index in [0.29, 0.717) is 11.2 Å². The third kappa shape index (κ3) is 4.77. The molecule has 1 aliphatic rings. The van der Waals surface area contributed by atoms with E-state index < -0.39 is 0 Å². The van der Waals surface area contributed by atoms with Crippen molar-refractivity contribution in [3.63, 3.8) is 0 Å². The average Bonchev–Trinajstić information content (AvgIpc) is 3.12. The van der Waals surface area contributed by atoms with Crippen LogP contribution >= 0.6 is 11.6 Å². The molecule has 3 aromatic rings. The second kappa shape index (κ2) is 10.2. The summed E-state index contributed by atoms with van der Waals surface area (Å²) in [5, 5.41) is 0.713. The molecule has 0 aromatic carbocycles. The number of hydrogen-bond donors (Lipinski definition) is 0. The molecule has 0 aliphatic heterocycles. The van der Waals surface area contributed by atoms with Crippen LogP contribution in [0.2, 0.25) is 5.15 Å². The fourth-order valence-electron chi connectivity index (χ4n) is 4.72. The van der Waals surface area contributed by atoms with E-state index in [4.69, 9.17) is 21.6 Å². The molecule has 0 saturated heterocycles. The van der Waals surface area contributed by atoms with Crippen molar-refractivity contribution < 1.29 is 0 Å². The van der Waals surface area contributed by atoms with Gasteiger partial charge in [-0.2, -0.15) is 0 Å². The van der Waals surface area contributed by atoms with Crippen LogP contribution in [0.15, 0.2) is 36.5 Å². The molecule has 0 bridgehead atoms. The number of rotatable bonds is 9. The first-order valence-corrected chi connectivity index (χ1v) is 12.1. The third-order valence-electron chi connectivity index (χ3n) is 6.38. The Morgan fingerprint density at radius 2 is 1.94 bits per heavy atom. The Morgan fingerprint density at radius 1 is 1.09 bits per heavy atom. The summed E-state index contributed by atoms with van der Waals surface area (Å²) in [6.45, 7) is 5.86. The summed E-state index contributed by atoms with van der Waals surface area (Å²) < 4.78 is 2.09. The number of hydrogen-bond acceptors (Lipinski definition) is 5. The summed E-state index contributed by atoms with van der Waals surface area (Å²) in [5.74, 6) is 1.07. The number of anilines is 1. The van der Waals surface area contributed by atoms with Crippen molar-refractivity contribution in [3.8, 4) is 0 Å². The molecule has 32 heavy (non-hydrogen) atoms. The van der Waals surface area contributed by atoms with Crippen molar-refractivity contribution in [2.75, 3.05) is 45.7 Å². The zero-order valence-electron chi connectivity index (χ0n) is 19.8. The van der Waals surface area contributed by atoms with Crippen molar-refractivity contribution in [1.29, 1.82) is 0 Å². The van der Waals surface area contributed by atoms with E-state index in [2.05, 4.69) is 71.4 Å². The summed E-state index contributed by atoms with van der Waals surface area (Å²) in [7, 11) is 6.30. The second-order valence-electron chi connectivity index (χ2n) is 9.08. The summed E-state index contributed by atoms with van der Waals surface area (Å²) >= 11 is 6.97. The summed E-state index contributed by atoms with van der Waals surface area (Å²) in [6.07, 6.45) is 6.46. The molecule has 0 radical (unpaired) electrons. The Hall–Kier alpha value is -2.15. The van der Waals surface area contributed by atoms with Gasteiger partial charge in [0.2, 0.25) is 0 Å². The molecule has 172 valence electrons. The molecule has 3 heterocycles. The molecule has 0 N–H and O–H groups in total. The highest BCUT2D eigenvalue weighted by Crippen LogP contribution is 2.35. The first kappa shape index (κ1) is 23.0. The van der Waals surface area contributed by atoms with Gasteiger partial charge < -0.3 is 9.80 Å². The quantitative estimate of drug-likeness (QED) is 0.469. The molecule has 0 fully saturated rings. The average molecular weight is 455 g/mol. The van der Waals surface area contributed by atoms with E-state index in [9.17, 15) is 0 Å². The van der Waals surface area contributed by atoms with Crippen molar-refractivity contribution in [2.24, 2.45) is 0 Å². The van der Waals surface area contributed by atoms with Crippen molar-refractivity contribution in [3.05, 3.63) is 58.6 Å². The van der Waals surface area contributed by atoms with Gasteiger partial charge in [0, 0.05) is 32.9 Å². The van der Waals surface area contributed by atoms with E-state index in [-0.39, 0.29) is 0 Å². The number of likely N-dealkylation sites (N-methyl/N-ethyl adjacent to an activating group) is 2. The molecule has 1 atom stereocenters. The van der Waals surface area contributed by atoms with Crippen LogP contribution in [0.1, 0.15) is 49.2 Å². The standard InChI is InChI=1S/C25H35ClN6/c1-5-15-31(21-11-6-9-19-10-8-14-27-24(19)21)18-20-25(26)32-22(28-20)12-7-13-23(32)30(4)17-16-29(2)3/h7-8,10,12-14,21H,5-6,9,11,15-18H2,1-4H3/t21-/m0/s1. The van der Waals surface area contributed by atoms with Crippen LogP contribution in [0.25, 0.3) is 5.65 Å². The number of aromatic nitrogens is 3. The number of halogens is 1. The Bertz CT molecular complexity index is 1050. The Labute approximate surface area is 196 Å². The highest BCUT2D eigenvalue weighted by Gasteiger charge is 2.28. The minimum absolute atomic E-state index is 0.322. The van der Waals surface area contributed by atoms with Gasteiger partial charge in [-0.15, -0.1) is 0 Å². The first-order chi connectivity index (χ1) is 15.5. The smallest absolute Gasteiger partial charge is 0.139 e. The van der Waals surface area contributed by atoms with E-state index >= 15 is 0 Å². The van der Waals surface area contributed by atoms with Gasteiger partial charge in [0.15, 0.2) is 0 Å². The SMILES string of the molecule is CCCN(Cc1nc2cccc(N(C)CCN(C)C)n2c1Cl)[C@H]1CCCc2cccnc21. The van der Waals surface area contributed by atoms with Gasteiger partial charge in [-0.05, 0) is 70.1 Å². The normalized spacial score (nSPS) is 16.2. The molecular weight excluding hydrogens is 420 g/mol. The predicted molar refractivity (Wildman–Crippen MR) is 133 cm³/mol. The van der Waals surface area contributed by atoms with E-state index in [0.717, 1.165) is 62.6 Å². The number of nitrogens with zero attached hydrogens (tertiary/aromatic N) is 6. The Balaban J connectivity index is 1.64.